The lowest BCUT2D eigenvalue weighted by Crippen LogP contribution is -2.45. The summed E-state index contributed by atoms with van der Waals surface area (Å²) in [5, 5.41) is 6.57. The third-order valence-corrected chi connectivity index (χ3v) is 3.78. The van der Waals surface area contributed by atoms with Crippen molar-refractivity contribution in [3.63, 3.8) is 0 Å². The number of hydrogen-bond acceptors (Lipinski definition) is 5. The fourth-order valence-corrected chi connectivity index (χ4v) is 2.25. The number of nitrogens with one attached hydrogen (secondary N) is 1. The first-order valence-corrected chi connectivity index (χ1v) is 7.84. The first kappa shape index (κ1) is 17.7. The van der Waals surface area contributed by atoms with E-state index in [-0.39, 0.29) is 18.4 Å². The van der Waals surface area contributed by atoms with E-state index in [2.05, 4.69) is 10.5 Å². The molecule has 6 nitrogen and oxygen atoms in total. The van der Waals surface area contributed by atoms with Crippen molar-refractivity contribution in [2.45, 2.75) is 40.3 Å². The second-order valence-corrected chi connectivity index (χ2v) is 5.97. The maximum absolute atomic E-state index is 12.4. The molecule has 1 aromatic carbocycles. The Balaban J connectivity index is 2.02. The van der Waals surface area contributed by atoms with Gasteiger partial charge >= 0.3 is 5.97 Å². The Morgan fingerprint density at radius 3 is 2.42 bits per heavy atom. The van der Waals surface area contributed by atoms with Gasteiger partial charge in [-0.05, 0) is 31.9 Å². The normalized spacial score (nSPS) is 12.0. The molecule has 0 fully saturated rings. The van der Waals surface area contributed by atoms with Crippen LogP contribution in [0.5, 0.6) is 0 Å². The highest BCUT2D eigenvalue weighted by Crippen LogP contribution is 2.15. The van der Waals surface area contributed by atoms with Crippen molar-refractivity contribution in [3.8, 4) is 0 Å². The first-order valence-electron chi connectivity index (χ1n) is 7.84. The lowest BCUT2D eigenvalue weighted by molar-refractivity contribution is -0.148. The van der Waals surface area contributed by atoms with Gasteiger partial charge < -0.3 is 14.6 Å². The van der Waals surface area contributed by atoms with Crippen molar-refractivity contribution < 1.29 is 18.8 Å². The molecule has 0 aliphatic heterocycles. The average Bonchev–Trinajstić information content (AvgIpc) is 2.89. The lowest BCUT2D eigenvalue weighted by atomic mass is 10.0. The second kappa shape index (κ2) is 7.77. The van der Waals surface area contributed by atoms with E-state index in [1.54, 1.807) is 38.1 Å². The Morgan fingerprint density at radius 2 is 1.88 bits per heavy atom. The third-order valence-electron chi connectivity index (χ3n) is 3.78. The van der Waals surface area contributed by atoms with Gasteiger partial charge in [-0.1, -0.05) is 37.2 Å². The van der Waals surface area contributed by atoms with E-state index in [0.29, 0.717) is 17.0 Å². The molecule has 0 aliphatic carbocycles. The van der Waals surface area contributed by atoms with Crippen LogP contribution in [0, 0.1) is 19.8 Å². The van der Waals surface area contributed by atoms with Gasteiger partial charge in [-0.3, -0.25) is 4.79 Å². The predicted molar refractivity (Wildman–Crippen MR) is 88.3 cm³/mol. The van der Waals surface area contributed by atoms with Gasteiger partial charge in [-0.15, -0.1) is 0 Å². The van der Waals surface area contributed by atoms with Crippen LogP contribution in [0.3, 0.4) is 0 Å². The number of ether oxygens (including phenoxy) is 1. The van der Waals surface area contributed by atoms with E-state index >= 15 is 0 Å². The highest BCUT2D eigenvalue weighted by molar-refractivity contribution is 5.96. The van der Waals surface area contributed by atoms with Gasteiger partial charge in [0.2, 0.25) is 0 Å². The minimum atomic E-state index is -0.724. The average molecular weight is 330 g/mol. The van der Waals surface area contributed by atoms with E-state index in [1.807, 2.05) is 19.9 Å². The zero-order chi connectivity index (χ0) is 17.7. The summed E-state index contributed by atoms with van der Waals surface area (Å²) in [4.78, 5) is 24.6. The number of hydrogen-bond donors (Lipinski definition) is 1. The molecule has 2 aromatic rings. The number of rotatable bonds is 6. The van der Waals surface area contributed by atoms with Crippen molar-refractivity contribution >= 4 is 11.9 Å². The van der Waals surface area contributed by atoms with Crippen LogP contribution < -0.4 is 5.32 Å². The number of amides is 1. The van der Waals surface area contributed by atoms with Crippen molar-refractivity contribution in [2.24, 2.45) is 5.92 Å². The van der Waals surface area contributed by atoms with Crippen LogP contribution >= 0.6 is 0 Å². The number of esters is 1. The van der Waals surface area contributed by atoms with Gasteiger partial charge in [-0.25, -0.2) is 4.79 Å². The Kier molecular flexibility index (Phi) is 5.73. The molecular formula is C18H22N2O4. The molecule has 2 rings (SSSR count). The molecule has 1 N–H and O–H groups in total. The molecule has 0 spiro atoms. The standard InChI is InChI=1S/C18H22N2O4/c1-11(2)16(19-17(21)14-8-6-5-7-9-14)18(22)23-10-15-12(3)20-24-13(15)4/h5-9,11,16H,10H2,1-4H3,(H,19,21)/t16-/m1/s1. The molecule has 1 amide bonds. The molecule has 0 radical (unpaired) electrons. The van der Waals surface area contributed by atoms with Gasteiger partial charge in [0.05, 0.1) is 11.3 Å². The molecule has 128 valence electrons. The summed E-state index contributed by atoms with van der Waals surface area (Å²) in [5.74, 6) is -0.262. The number of aryl methyl sites for hydroxylation is 2. The summed E-state index contributed by atoms with van der Waals surface area (Å²) >= 11 is 0. The van der Waals surface area contributed by atoms with Crippen LogP contribution in [0.4, 0.5) is 0 Å². The molecule has 0 unspecified atom stereocenters. The van der Waals surface area contributed by atoms with Gasteiger partial charge in [-0.2, -0.15) is 0 Å². The molecule has 0 saturated heterocycles. The van der Waals surface area contributed by atoms with Crippen molar-refractivity contribution in [1.82, 2.24) is 10.5 Å². The largest absolute Gasteiger partial charge is 0.459 e. The molecule has 6 heteroatoms. The van der Waals surface area contributed by atoms with Gasteiger partial charge in [0.25, 0.3) is 5.91 Å². The summed E-state index contributed by atoms with van der Waals surface area (Å²) in [6.45, 7) is 7.34. The van der Waals surface area contributed by atoms with Crippen LogP contribution in [-0.4, -0.2) is 23.1 Å². The smallest absolute Gasteiger partial charge is 0.329 e. The molecule has 1 aromatic heterocycles. The molecule has 0 bridgehead atoms. The number of nitrogens with zero attached hydrogens (tertiary/aromatic N) is 1. The van der Waals surface area contributed by atoms with Crippen LogP contribution in [0.2, 0.25) is 0 Å². The number of carbonyl (C=O) groups is 2. The zero-order valence-electron chi connectivity index (χ0n) is 14.3. The summed E-state index contributed by atoms with van der Waals surface area (Å²) in [6, 6.07) is 8.04. The Hall–Kier alpha value is -2.63. The van der Waals surface area contributed by atoms with Gasteiger partial charge in [0, 0.05) is 5.56 Å². The topological polar surface area (TPSA) is 81.4 Å². The highest BCUT2D eigenvalue weighted by Gasteiger charge is 2.26. The minimum absolute atomic E-state index is 0.0738. The van der Waals surface area contributed by atoms with Crippen LogP contribution in [0.15, 0.2) is 34.9 Å². The molecule has 0 aliphatic rings. The van der Waals surface area contributed by atoms with Crippen molar-refractivity contribution in [3.05, 3.63) is 52.9 Å². The van der Waals surface area contributed by atoms with Gasteiger partial charge in [0.15, 0.2) is 0 Å². The number of benzene rings is 1. The maximum atomic E-state index is 12.4. The monoisotopic (exact) mass is 330 g/mol. The lowest BCUT2D eigenvalue weighted by Gasteiger charge is -2.21. The fourth-order valence-electron chi connectivity index (χ4n) is 2.25. The molecule has 1 heterocycles. The third kappa shape index (κ3) is 4.22. The van der Waals surface area contributed by atoms with Crippen LogP contribution in [-0.2, 0) is 16.1 Å². The van der Waals surface area contributed by atoms with Crippen LogP contribution in [0.25, 0.3) is 0 Å². The minimum Gasteiger partial charge on any atom is -0.459 e. The molecule has 1 atom stereocenters. The summed E-state index contributed by atoms with van der Waals surface area (Å²) in [5.41, 5.74) is 1.94. The van der Waals surface area contributed by atoms with E-state index in [4.69, 9.17) is 9.26 Å². The summed E-state index contributed by atoms with van der Waals surface area (Å²) < 4.78 is 10.4. The maximum Gasteiger partial charge on any atom is 0.329 e. The molecule has 24 heavy (non-hydrogen) atoms. The first-order chi connectivity index (χ1) is 11.4. The van der Waals surface area contributed by atoms with E-state index in [1.165, 1.54) is 0 Å². The van der Waals surface area contributed by atoms with Crippen molar-refractivity contribution in [2.75, 3.05) is 0 Å². The summed E-state index contributed by atoms with van der Waals surface area (Å²) in [6.07, 6.45) is 0. The summed E-state index contributed by atoms with van der Waals surface area (Å²) in [7, 11) is 0. The Morgan fingerprint density at radius 1 is 1.21 bits per heavy atom. The van der Waals surface area contributed by atoms with E-state index in [9.17, 15) is 9.59 Å². The number of carbonyl (C=O) groups excluding carboxylic acids is 2. The van der Waals surface area contributed by atoms with Crippen LogP contribution in [0.1, 0.15) is 41.2 Å². The molecular weight excluding hydrogens is 308 g/mol. The Bertz CT molecular complexity index is 688. The van der Waals surface area contributed by atoms with Gasteiger partial charge in [0.1, 0.15) is 18.4 Å². The SMILES string of the molecule is Cc1noc(C)c1COC(=O)[C@H](NC(=O)c1ccccc1)C(C)C. The predicted octanol–water partition coefficient (Wildman–Crippen LogP) is 2.79. The zero-order valence-corrected chi connectivity index (χ0v) is 14.3. The highest BCUT2D eigenvalue weighted by atomic mass is 16.5. The quantitative estimate of drug-likeness (QED) is 0.824. The van der Waals surface area contributed by atoms with E-state index in [0.717, 1.165) is 5.56 Å². The number of aromatic nitrogens is 1. The fraction of sp³-hybridized carbons (Fsp3) is 0.389. The van der Waals surface area contributed by atoms with E-state index < -0.39 is 12.0 Å². The second-order valence-electron chi connectivity index (χ2n) is 5.97. The molecule has 0 saturated carbocycles. The van der Waals surface area contributed by atoms with Crippen molar-refractivity contribution in [1.29, 1.82) is 0 Å². The Labute approximate surface area is 141 Å².